The number of fused-ring (bicyclic) bond motifs is 3. The van der Waals surface area contributed by atoms with Gasteiger partial charge in [0.1, 0.15) is 12.4 Å². The number of H-pyrrole nitrogens is 1. The van der Waals surface area contributed by atoms with E-state index in [0.717, 1.165) is 0 Å². The molecule has 5 nitrogen and oxygen atoms in total. The third-order valence-electron chi connectivity index (χ3n) is 2.26. The minimum Gasteiger partial charge on any atom is -0.483 e. The highest BCUT2D eigenvalue weighted by molar-refractivity contribution is 6.30. The lowest BCUT2D eigenvalue weighted by Gasteiger charge is -2.17. The number of hydrogen-bond donors (Lipinski definition) is 1. The van der Waals surface area contributed by atoms with Crippen molar-refractivity contribution in [2.24, 2.45) is 0 Å². The summed E-state index contributed by atoms with van der Waals surface area (Å²) in [4.78, 5) is 11.5. The number of aromatic amines is 1. The highest BCUT2D eigenvalue weighted by Gasteiger charge is 2.20. The topological polar surface area (TPSA) is 59.9 Å². The van der Waals surface area contributed by atoms with E-state index in [-0.39, 0.29) is 12.3 Å². The molecule has 76 valence electrons. The molecule has 0 radical (unpaired) electrons. The van der Waals surface area contributed by atoms with Crippen LogP contribution in [0.25, 0.3) is 5.69 Å². The van der Waals surface area contributed by atoms with Crippen molar-refractivity contribution in [3.8, 4) is 11.4 Å². The van der Waals surface area contributed by atoms with Gasteiger partial charge in [-0.25, -0.2) is 14.5 Å². The van der Waals surface area contributed by atoms with Crippen molar-refractivity contribution in [2.45, 2.75) is 6.61 Å². The van der Waals surface area contributed by atoms with Gasteiger partial charge in [0.05, 0.1) is 5.69 Å². The Morgan fingerprint density at radius 3 is 3.27 bits per heavy atom. The largest absolute Gasteiger partial charge is 0.483 e. The fourth-order valence-corrected chi connectivity index (χ4v) is 1.77. The Morgan fingerprint density at radius 1 is 1.53 bits per heavy atom. The molecular formula is C9H6ClN3O2. The molecule has 2 aromatic rings. The number of benzene rings is 1. The molecule has 0 spiro atoms. The molecule has 1 aromatic carbocycles. The van der Waals surface area contributed by atoms with Crippen LogP contribution < -0.4 is 10.4 Å². The minimum atomic E-state index is -0.281. The number of nitrogens with one attached hydrogen (secondary N) is 1. The number of rotatable bonds is 0. The first-order chi connectivity index (χ1) is 7.25. The monoisotopic (exact) mass is 223 g/mol. The predicted molar refractivity (Wildman–Crippen MR) is 53.5 cm³/mol. The second kappa shape index (κ2) is 2.87. The van der Waals surface area contributed by atoms with E-state index in [4.69, 9.17) is 16.3 Å². The zero-order valence-corrected chi connectivity index (χ0v) is 8.28. The molecule has 0 atom stereocenters. The standard InChI is InChI=1S/C9H6ClN3O2/c10-5-1-2-7-6(3-5)13-8(4-15-7)11-12-9(13)14/h1-3H,4H2,(H,12,14). The molecule has 0 bridgehead atoms. The maximum atomic E-state index is 11.5. The van der Waals surface area contributed by atoms with Crippen molar-refractivity contribution >= 4 is 11.6 Å². The summed E-state index contributed by atoms with van der Waals surface area (Å²) in [5.74, 6) is 1.19. The van der Waals surface area contributed by atoms with Crippen LogP contribution in [0.4, 0.5) is 0 Å². The van der Waals surface area contributed by atoms with Gasteiger partial charge in [-0.2, -0.15) is 5.10 Å². The van der Waals surface area contributed by atoms with Crippen LogP contribution >= 0.6 is 11.6 Å². The Kier molecular flexibility index (Phi) is 1.63. The van der Waals surface area contributed by atoms with Crippen LogP contribution in [-0.4, -0.2) is 14.8 Å². The Bertz CT molecular complexity index is 587. The second-order valence-electron chi connectivity index (χ2n) is 3.18. The van der Waals surface area contributed by atoms with Crippen LogP contribution in [0.15, 0.2) is 23.0 Å². The number of aromatic nitrogens is 3. The van der Waals surface area contributed by atoms with E-state index < -0.39 is 0 Å². The SMILES string of the molecule is O=c1[nH]nc2n1-c1cc(Cl)ccc1OC2. The van der Waals surface area contributed by atoms with Crippen molar-refractivity contribution < 1.29 is 4.74 Å². The first-order valence-corrected chi connectivity index (χ1v) is 4.72. The summed E-state index contributed by atoms with van der Waals surface area (Å²) in [5, 5.41) is 6.77. The summed E-state index contributed by atoms with van der Waals surface area (Å²) in [6.07, 6.45) is 0. The molecule has 0 saturated heterocycles. The van der Waals surface area contributed by atoms with Crippen LogP contribution in [0, 0.1) is 0 Å². The van der Waals surface area contributed by atoms with Crippen molar-refractivity contribution in [2.75, 3.05) is 0 Å². The summed E-state index contributed by atoms with van der Waals surface area (Å²) in [7, 11) is 0. The molecule has 1 N–H and O–H groups in total. The fraction of sp³-hybridized carbons (Fsp3) is 0.111. The molecule has 15 heavy (non-hydrogen) atoms. The van der Waals surface area contributed by atoms with Gasteiger partial charge in [0.15, 0.2) is 5.82 Å². The van der Waals surface area contributed by atoms with Gasteiger partial charge in [0.2, 0.25) is 0 Å². The van der Waals surface area contributed by atoms with E-state index in [1.54, 1.807) is 18.2 Å². The molecule has 2 heterocycles. The summed E-state index contributed by atoms with van der Waals surface area (Å²) in [6, 6.07) is 5.13. The average Bonchev–Trinajstić information content (AvgIpc) is 2.60. The molecule has 3 rings (SSSR count). The third-order valence-corrected chi connectivity index (χ3v) is 2.50. The Morgan fingerprint density at radius 2 is 2.40 bits per heavy atom. The number of ether oxygens (including phenoxy) is 1. The zero-order chi connectivity index (χ0) is 10.4. The maximum Gasteiger partial charge on any atom is 0.348 e. The van der Waals surface area contributed by atoms with Gasteiger partial charge < -0.3 is 4.74 Å². The van der Waals surface area contributed by atoms with Crippen LogP contribution in [0.3, 0.4) is 0 Å². The van der Waals surface area contributed by atoms with Crippen LogP contribution in [-0.2, 0) is 6.61 Å². The molecule has 6 heteroatoms. The van der Waals surface area contributed by atoms with E-state index in [1.807, 2.05) is 0 Å². The number of nitrogens with zero attached hydrogens (tertiary/aromatic N) is 2. The van der Waals surface area contributed by atoms with Gasteiger partial charge in [-0.3, -0.25) is 0 Å². The second-order valence-corrected chi connectivity index (χ2v) is 3.62. The van der Waals surface area contributed by atoms with Crippen molar-refractivity contribution in [1.82, 2.24) is 14.8 Å². The maximum absolute atomic E-state index is 11.5. The molecule has 0 fully saturated rings. The fourth-order valence-electron chi connectivity index (χ4n) is 1.60. The third kappa shape index (κ3) is 1.16. The van der Waals surface area contributed by atoms with Crippen LogP contribution in [0.5, 0.6) is 5.75 Å². The molecular weight excluding hydrogens is 218 g/mol. The van der Waals surface area contributed by atoms with Crippen molar-refractivity contribution in [3.63, 3.8) is 0 Å². The first kappa shape index (κ1) is 8.55. The van der Waals surface area contributed by atoms with Crippen molar-refractivity contribution in [1.29, 1.82) is 0 Å². The molecule has 0 amide bonds. The Labute approximate surface area is 89.3 Å². The molecule has 1 aliphatic rings. The highest BCUT2D eigenvalue weighted by atomic mass is 35.5. The Hall–Kier alpha value is -1.75. The smallest absolute Gasteiger partial charge is 0.348 e. The van der Waals surface area contributed by atoms with Gasteiger partial charge >= 0.3 is 5.69 Å². The lowest BCUT2D eigenvalue weighted by Crippen LogP contribution is -2.22. The first-order valence-electron chi connectivity index (χ1n) is 4.35. The van der Waals surface area contributed by atoms with E-state index >= 15 is 0 Å². The quantitative estimate of drug-likeness (QED) is 0.728. The zero-order valence-electron chi connectivity index (χ0n) is 7.53. The van der Waals surface area contributed by atoms with Crippen LogP contribution in [0.2, 0.25) is 5.02 Å². The highest BCUT2D eigenvalue weighted by Crippen LogP contribution is 2.29. The molecule has 1 aromatic heterocycles. The lowest BCUT2D eigenvalue weighted by atomic mass is 10.2. The van der Waals surface area contributed by atoms with Gasteiger partial charge in [0.25, 0.3) is 0 Å². The van der Waals surface area contributed by atoms with E-state index in [0.29, 0.717) is 22.3 Å². The van der Waals surface area contributed by atoms with Gasteiger partial charge in [-0.05, 0) is 18.2 Å². The van der Waals surface area contributed by atoms with Gasteiger partial charge in [-0.1, -0.05) is 11.6 Å². The van der Waals surface area contributed by atoms with E-state index in [2.05, 4.69) is 10.2 Å². The summed E-state index contributed by atoms with van der Waals surface area (Å²) < 4.78 is 6.88. The minimum absolute atomic E-state index is 0.281. The lowest BCUT2D eigenvalue weighted by molar-refractivity contribution is 0.278. The molecule has 0 unspecified atom stereocenters. The van der Waals surface area contributed by atoms with Crippen molar-refractivity contribution in [3.05, 3.63) is 39.5 Å². The number of halogens is 1. The average molecular weight is 224 g/mol. The van der Waals surface area contributed by atoms with Crippen LogP contribution in [0.1, 0.15) is 5.82 Å². The molecule has 1 aliphatic heterocycles. The summed E-state index contributed by atoms with van der Waals surface area (Å²) in [6.45, 7) is 0.285. The predicted octanol–water partition coefficient (Wildman–Crippen LogP) is 1.11. The van der Waals surface area contributed by atoms with E-state index in [1.165, 1.54) is 4.57 Å². The molecule has 0 aliphatic carbocycles. The van der Waals surface area contributed by atoms with Gasteiger partial charge in [-0.15, -0.1) is 0 Å². The summed E-state index contributed by atoms with van der Waals surface area (Å²) in [5.41, 5.74) is 0.347. The molecule has 0 saturated carbocycles. The normalized spacial score (nSPS) is 12.9. The van der Waals surface area contributed by atoms with E-state index in [9.17, 15) is 4.79 Å². The summed E-state index contributed by atoms with van der Waals surface area (Å²) >= 11 is 5.86. The van der Waals surface area contributed by atoms with Gasteiger partial charge in [0, 0.05) is 5.02 Å². The number of hydrogen-bond acceptors (Lipinski definition) is 3. The Balaban J connectivity index is 2.36.